The van der Waals surface area contributed by atoms with Crippen LogP contribution in [0.5, 0.6) is 0 Å². The molecule has 0 aromatic carbocycles. The summed E-state index contributed by atoms with van der Waals surface area (Å²) < 4.78 is 0. The van der Waals surface area contributed by atoms with Gasteiger partial charge in [-0.1, -0.05) is 18.9 Å². The summed E-state index contributed by atoms with van der Waals surface area (Å²) in [6.07, 6.45) is 7.18. The largest absolute Gasteiger partial charge is 0.327 e. The van der Waals surface area contributed by atoms with Gasteiger partial charge >= 0.3 is 0 Å². The van der Waals surface area contributed by atoms with Crippen molar-refractivity contribution in [1.82, 2.24) is 0 Å². The highest BCUT2D eigenvalue weighted by Gasteiger charge is 2.20. The SMILES string of the molecule is C=CCSC1CCCCC1N. The zero-order valence-corrected chi connectivity index (χ0v) is 7.78. The lowest BCUT2D eigenvalue weighted by Gasteiger charge is -2.27. The van der Waals surface area contributed by atoms with Gasteiger partial charge in [-0.15, -0.1) is 6.58 Å². The van der Waals surface area contributed by atoms with Crippen LogP contribution in [0.4, 0.5) is 0 Å². The van der Waals surface area contributed by atoms with Gasteiger partial charge in [-0.2, -0.15) is 11.8 Å². The molecule has 1 nitrogen and oxygen atoms in total. The summed E-state index contributed by atoms with van der Waals surface area (Å²) in [6, 6.07) is 0.439. The highest BCUT2D eigenvalue weighted by molar-refractivity contribution is 8.00. The molecule has 2 N–H and O–H groups in total. The molecular weight excluding hydrogens is 154 g/mol. The molecule has 64 valence electrons. The fourth-order valence-electron chi connectivity index (χ4n) is 1.52. The maximum Gasteiger partial charge on any atom is 0.0202 e. The van der Waals surface area contributed by atoms with Gasteiger partial charge in [0.1, 0.15) is 0 Å². The van der Waals surface area contributed by atoms with Crippen molar-refractivity contribution >= 4 is 11.8 Å². The average Bonchev–Trinajstić information content (AvgIpc) is 2.03. The molecule has 0 aliphatic heterocycles. The first-order valence-corrected chi connectivity index (χ1v) is 5.37. The second-order valence-corrected chi connectivity index (χ2v) is 4.38. The third-order valence-electron chi connectivity index (χ3n) is 2.18. The fourth-order valence-corrected chi connectivity index (χ4v) is 2.62. The molecule has 0 amide bonds. The Labute approximate surface area is 73.4 Å². The van der Waals surface area contributed by atoms with E-state index in [9.17, 15) is 0 Å². The van der Waals surface area contributed by atoms with Crippen molar-refractivity contribution in [3.8, 4) is 0 Å². The van der Waals surface area contributed by atoms with E-state index >= 15 is 0 Å². The highest BCUT2D eigenvalue weighted by atomic mass is 32.2. The molecule has 0 aromatic rings. The molecule has 1 saturated carbocycles. The molecule has 1 rings (SSSR count). The Morgan fingerprint density at radius 3 is 2.82 bits per heavy atom. The maximum atomic E-state index is 5.96. The van der Waals surface area contributed by atoms with E-state index in [4.69, 9.17) is 5.73 Å². The Bertz CT molecular complexity index is 125. The average molecular weight is 171 g/mol. The van der Waals surface area contributed by atoms with E-state index in [1.807, 2.05) is 17.8 Å². The monoisotopic (exact) mass is 171 g/mol. The van der Waals surface area contributed by atoms with E-state index in [0.29, 0.717) is 11.3 Å². The van der Waals surface area contributed by atoms with Crippen LogP contribution in [0.3, 0.4) is 0 Å². The molecule has 2 unspecified atom stereocenters. The third-order valence-corrected chi connectivity index (χ3v) is 3.62. The first-order valence-electron chi connectivity index (χ1n) is 4.32. The van der Waals surface area contributed by atoms with Gasteiger partial charge in [-0.05, 0) is 12.8 Å². The van der Waals surface area contributed by atoms with Gasteiger partial charge in [0.25, 0.3) is 0 Å². The van der Waals surface area contributed by atoms with Gasteiger partial charge in [0.2, 0.25) is 0 Å². The van der Waals surface area contributed by atoms with Crippen LogP contribution in [0.15, 0.2) is 12.7 Å². The predicted molar refractivity (Wildman–Crippen MR) is 52.9 cm³/mol. The predicted octanol–water partition coefficient (Wildman–Crippen LogP) is 2.18. The van der Waals surface area contributed by atoms with E-state index in [2.05, 4.69) is 6.58 Å². The van der Waals surface area contributed by atoms with Crippen LogP contribution in [-0.2, 0) is 0 Å². The Balaban J connectivity index is 2.23. The molecule has 11 heavy (non-hydrogen) atoms. The highest BCUT2D eigenvalue weighted by Crippen LogP contribution is 2.27. The molecule has 0 radical (unpaired) electrons. The van der Waals surface area contributed by atoms with Gasteiger partial charge in [-0.25, -0.2) is 0 Å². The summed E-state index contributed by atoms with van der Waals surface area (Å²) in [5.74, 6) is 1.05. The Morgan fingerprint density at radius 1 is 1.45 bits per heavy atom. The first-order chi connectivity index (χ1) is 5.34. The van der Waals surface area contributed by atoms with Crippen LogP contribution in [-0.4, -0.2) is 17.0 Å². The molecule has 2 atom stereocenters. The minimum absolute atomic E-state index is 0.439. The molecular formula is C9H17NS. The molecule has 0 saturated heterocycles. The molecule has 1 fully saturated rings. The second kappa shape index (κ2) is 4.83. The van der Waals surface area contributed by atoms with Gasteiger partial charge < -0.3 is 5.73 Å². The van der Waals surface area contributed by atoms with Crippen LogP contribution < -0.4 is 5.73 Å². The fraction of sp³-hybridized carbons (Fsp3) is 0.778. The van der Waals surface area contributed by atoms with Gasteiger partial charge in [0.05, 0.1) is 0 Å². The Hall–Kier alpha value is 0.0500. The van der Waals surface area contributed by atoms with E-state index < -0.39 is 0 Å². The lowest BCUT2D eigenvalue weighted by atomic mass is 9.96. The van der Waals surface area contributed by atoms with Crippen molar-refractivity contribution in [2.45, 2.75) is 37.0 Å². The Morgan fingerprint density at radius 2 is 2.18 bits per heavy atom. The lowest BCUT2D eigenvalue weighted by Crippen LogP contribution is -2.35. The van der Waals surface area contributed by atoms with Crippen molar-refractivity contribution in [3.05, 3.63) is 12.7 Å². The normalized spacial score (nSPS) is 31.7. The third kappa shape index (κ3) is 2.88. The lowest BCUT2D eigenvalue weighted by molar-refractivity contribution is 0.453. The van der Waals surface area contributed by atoms with Crippen LogP contribution in [0.25, 0.3) is 0 Å². The molecule has 0 heterocycles. The topological polar surface area (TPSA) is 26.0 Å². The van der Waals surface area contributed by atoms with E-state index in [0.717, 1.165) is 5.75 Å². The molecule has 0 bridgehead atoms. The van der Waals surface area contributed by atoms with Crippen LogP contribution in [0.1, 0.15) is 25.7 Å². The van der Waals surface area contributed by atoms with E-state index in [1.165, 1.54) is 25.7 Å². The van der Waals surface area contributed by atoms with Crippen molar-refractivity contribution in [1.29, 1.82) is 0 Å². The van der Waals surface area contributed by atoms with Crippen molar-refractivity contribution < 1.29 is 0 Å². The molecule has 1 aliphatic rings. The smallest absolute Gasteiger partial charge is 0.0202 e. The van der Waals surface area contributed by atoms with Gasteiger partial charge in [0, 0.05) is 17.0 Å². The standard InChI is InChI=1S/C9H17NS/c1-2-7-11-9-6-4-3-5-8(9)10/h2,8-9H,1,3-7,10H2. The summed E-state index contributed by atoms with van der Waals surface area (Å²) in [5, 5.41) is 0.696. The van der Waals surface area contributed by atoms with Crippen molar-refractivity contribution in [2.75, 3.05) is 5.75 Å². The van der Waals surface area contributed by atoms with E-state index in [-0.39, 0.29) is 0 Å². The van der Waals surface area contributed by atoms with Gasteiger partial charge in [-0.3, -0.25) is 0 Å². The van der Waals surface area contributed by atoms with Gasteiger partial charge in [0.15, 0.2) is 0 Å². The zero-order valence-electron chi connectivity index (χ0n) is 6.96. The van der Waals surface area contributed by atoms with Crippen molar-refractivity contribution in [2.24, 2.45) is 5.73 Å². The summed E-state index contributed by atoms with van der Waals surface area (Å²) >= 11 is 1.96. The summed E-state index contributed by atoms with van der Waals surface area (Å²) in [7, 11) is 0. The first kappa shape index (κ1) is 9.14. The molecule has 1 aliphatic carbocycles. The van der Waals surface area contributed by atoms with E-state index in [1.54, 1.807) is 0 Å². The number of nitrogens with two attached hydrogens (primary N) is 1. The molecule has 2 heteroatoms. The van der Waals surface area contributed by atoms with Crippen LogP contribution >= 0.6 is 11.8 Å². The quantitative estimate of drug-likeness (QED) is 0.659. The number of rotatable bonds is 3. The molecule has 0 aromatic heterocycles. The van der Waals surface area contributed by atoms with Crippen molar-refractivity contribution in [3.63, 3.8) is 0 Å². The zero-order chi connectivity index (χ0) is 8.10. The summed E-state index contributed by atoms with van der Waals surface area (Å²) in [6.45, 7) is 3.71. The second-order valence-electron chi connectivity index (χ2n) is 3.11. The number of hydrogen-bond donors (Lipinski definition) is 1. The minimum atomic E-state index is 0.439. The Kier molecular flexibility index (Phi) is 4.02. The minimum Gasteiger partial charge on any atom is -0.327 e. The summed E-state index contributed by atoms with van der Waals surface area (Å²) in [4.78, 5) is 0. The summed E-state index contributed by atoms with van der Waals surface area (Å²) in [5.41, 5.74) is 5.96. The maximum absolute atomic E-state index is 5.96. The van der Waals surface area contributed by atoms with Crippen LogP contribution in [0.2, 0.25) is 0 Å². The molecule has 0 spiro atoms. The number of thioether (sulfide) groups is 1. The number of hydrogen-bond acceptors (Lipinski definition) is 2. The van der Waals surface area contributed by atoms with Crippen LogP contribution in [0, 0.1) is 0 Å².